The first-order valence-corrected chi connectivity index (χ1v) is 7.57. The molecule has 1 fully saturated rings. The quantitative estimate of drug-likeness (QED) is 0.725. The highest BCUT2D eigenvalue weighted by Crippen LogP contribution is 2.29. The van der Waals surface area contributed by atoms with Crippen molar-refractivity contribution in [3.8, 4) is 0 Å². The smallest absolute Gasteiger partial charge is 0.137 e. The van der Waals surface area contributed by atoms with Gasteiger partial charge in [0.1, 0.15) is 16.8 Å². The Morgan fingerprint density at radius 3 is 2.11 bits per heavy atom. The molecular formula is C15H24ClN3. The van der Waals surface area contributed by atoms with Gasteiger partial charge >= 0.3 is 0 Å². The summed E-state index contributed by atoms with van der Waals surface area (Å²) >= 11 is 6.31. The Hall–Kier alpha value is -0.830. The molecule has 0 aliphatic carbocycles. The molecule has 19 heavy (non-hydrogen) atoms. The zero-order valence-corrected chi connectivity index (χ0v) is 13.2. The zero-order chi connectivity index (χ0) is 14.0. The molecular weight excluding hydrogens is 258 g/mol. The maximum absolute atomic E-state index is 6.31. The van der Waals surface area contributed by atoms with E-state index < -0.39 is 0 Å². The zero-order valence-electron chi connectivity index (χ0n) is 12.5. The summed E-state index contributed by atoms with van der Waals surface area (Å²) in [7, 11) is 0. The van der Waals surface area contributed by atoms with Crippen LogP contribution >= 0.6 is 11.6 Å². The minimum absolute atomic E-state index is 0.0715. The fraction of sp³-hybridized carbons (Fsp3) is 0.733. The van der Waals surface area contributed by atoms with Gasteiger partial charge in [-0.15, -0.1) is 0 Å². The molecule has 0 radical (unpaired) electrons. The van der Waals surface area contributed by atoms with E-state index >= 15 is 0 Å². The van der Waals surface area contributed by atoms with Crippen LogP contribution in [0.4, 0.5) is 5.82 Å². The Kier molecular flexibility index (Phi) is 4.34. The summed E-state index contributed by atoms with van der Waals surface area (Å²) in [4.78, 5) is 11.6. The van der Waals surface area contributed by atoms with E-state index in [9.17, 15) is 0 Å². The highest BCUT2D eigenvalue weighted by molar-refractivity contribution is 6.30. The van der Waals surface area contributed by atoms with Crippen LogP contribution in [-0.4, -0.2) is 23.1 Å². The van der Waals surface area contributed by atoms with Crippen LogP contribution in [0.5, 0.6) is 0 Å². The van der Waals surface area contributed by atoms with E-state index in [2.05, 4.69) is 30.7 Å². The number of hydrogen-bond acceptors (Lipinski definition) is 3. The third-order valence-electron chi connectivity index (χ3n) is 3.64. The third kappa shape index (κ3) is 3.38. The van der Waals surface area contributed by atoms with Gasteiger partial charge in [0.05, 0.1) is 0 Å². The Morgan fingerprint density at radius 2 is 1.58 bits per heavy atom. The highest BCUT2D eigenvalue weighted by atomic mass is 35.5. The van der Waals surface area contributed by atoms with E-state index in [0.29, 0.717) is 5.15 Å². The summed E-state index contributed by atoms with van der Waals surface area (Å²) in [6.45, 7) is 10.6. The molecule has 0 saturated carbocycles. The van der Waals surface area contributed by atoms with Gasteiger partial charge in [0.15, 0.2) is 0 Å². The lowest BCUT2D eigenvalue weighted by Gasteiger charge is -2.26. The lowest BCUT2D eigenvalue weighted by Crippen LogP contribution is -2.28. The van der Waals surface area contributed by atoms with Crippen LogP contribution in [0.2, 0.25) is 5.15 Å². The van der Waals surface area contributed by atoms with Crippen molar-refractivity contribution in [2.75, 3.05) is 18.0 Å². The van der Waals surface area contributed by atoms with E-state index in [4.69, 9.17) is 16.6 Å². The van der Waals surface area contributed by atoms with Gasteiger partial charge in [0.25, 0.3) is 0 Å². The number of rotatable bonds is 1. The molecule has 0 aromatic carbocycles. The summed E-state index contributed by atoms with van der Waals surface area (Å²) in [6.07, 6.45) is 5.12. The fourth-order valence-electron chi connectivity index (χ4n) is 2.40. The minimum Gasteiger partial charge on any atom is -0.356 e. The van der Waals surface area contributed by atoms with Crippen LogP contribution in [0.15, 0.2) is 0 Å². The normalized spacial score (nSPS) is 17.4. The maximum atomic E-state index is 6.31. The molecule has 1 aliphatic heterocycles. The summed E-state index contributed by atoms with van der Waals surface area (Å²) in [5, 5.41) is 0.596. The van der Waals surface area contributed by atoms with Gasteiger partial charge in [-0.1, -0.05) is 45.2 Å². The van der Waals surface area contributed by atoms with E-state index in [1.54, 1.807) is 0 Å². The van der Waals surface area contributed by atoms with Crippen molar-refractivity contribution >= 4 is 17.4 Å². The monoisotopic (exact) mass is 281 g/mol. The molecule has 0 atom stereocenters. The first-order valence-electron chi connectivity index (χ1n) is 7.19. The lowest BCUT2D eigenvalue weighted by atomic mass is 9.95. The van der Waals surface area contributed by atoms with Crippen LogP contribution in [-0.2, 0) is 5.41 Å². The molecule has 1 aromatic heterocycles. The van der Waals surface area contributed by atoms with Crippen molar-refractivity contribution in [1.29, 1.82) is 0 Å². The molecule has 0 unspecified atom stereocenters. The maximum Gasteiger partial charge on any atom is 0.137 e. The van der Waals surface area contributed by atoms with Crippen LogP contribution in [0.1, 0.15) is 57.8 Å². The van der Waals surface area contributed by atoms with Crippen molar-refractivity contribution in [1.82, 2.24) is 9.97 Å². The first-order chi connectivity index (χ1) is 8.89. The predicted molar refractivity (Wildman–Crippen MR) is 81.2 cm³/mol. The van der Waals surface area contributed by atoms with Crippen LogP contribution in [0.3, 0.4) is 0 Å². The van der Waals surface area contributed by atoms with Gasteiger partial charge in [-0.2, -0.15) is 0 Å². The van der Waals surface area contributed by atoms with Crippen molar-refractivity contribution in [2.45, 2.75) is 58.8 Å². The Balaban J connectivity index is 2.40. The molecule has 0 bridgehead atoms. The molecule has 3 nitrogen and oxygen atoms in total. The molecule has 2 rings (SSSR count). The lowest BCUT2D eigenvalue weighted by molar-refractivity contribution is 0.543. The molecule has 4 heteroatoms. The summed E-state index contributed by atoms with van der Waals surface area (Å²) in [6, 6.07) is 0. The molecule has 0 N–H and O–H groups in total. The fourth-order valence-corrected chi connectivity index (χ4v) is 2.57. The Morgan fingerprint density at radius 1 is 1.00 bits per heavy atom. The van der Waals surface area contributed by atoms with Crippen molar-refractivity contribution < 1.29 is 0 Å². The molecule has 106 valence electrons. The molecule has 2 heterocycles. The molecule has 0 spiro atoms. The van der Waals surface area contributed by atoms with Gasteiger partial charge in [0.2, 0.25) is 0 Å². The van der Waals surface area contributed by atoms with Gasteiger partial charge in [-0.25, -0.2) is 9.97 Å². The number of halogens is 1. The Labute approximate surface area is 121 Å². The SMILES string of the molecule is Cc1c(Cl)nc(C(C)(C)C)nc1N1CCCCCC1. The molecule has 1 saturated heterocycles. The minimum atomic E-state index is -0.0715. The number of nitrogens with zero attached hydrogens (tertiary/aromatic N) is 3. The second-order valence-corrected chi connectivity index (χ2v) is 6.80. The van der Waals surface area contributed by atoms with Crippen molar-refractivity contribution in [3.63, 3.8) is 0 Å². The molecule has 1 aromatic rings. The van der Waals surface area contributed by atoms with Gasteiger partial charge < -0.3 is 4.90 Å². The van der Waals surface area contributed by atoms with E-state index in [0.717, 1.165) is 30.3 Å². The van der Waals surface area contributed by atoms with E-state index in [-0.39, 0.29) is 5.41 Å². The predicted octanol–water partition coefficient (Wildman–Crippen LogP) is 4.12. The second-order valence-electron chi connectivity index (χ2n) is 6.44. The van der Waals surface area contributed by atoms with Crippen LogP contribution in [0, 0.1) is 6.92 Å². The summed E-state index contributed by atoms with van der Waals surface area (Å²) in [5.41, 5.74) is 0.939. The largest absolute Gasteiger partial charge is 0.356 e. The van der Waals surface area contributed by atoms with Crippen molar-refractivity contribution in [3.05, 3.63) is 16.5 Å². The van der Waals surface area contributed by atoms with E-state index in [1.165, 1.54) is 25.7 Å². The van der Waals surface area contributed by atoms with Gasteiger partial charge in [-0.05, 0) is 19.8 Å². The number of hydrogen-bond donors (Lipinski definition) is 0. The average molecular weight is 282 g/mol. The van der Waals surface area contributed by atoms with Gasteiger partial charge in [-0.3, -0.25) is 0 Å². The average Bonchev–Trinajstić information content (AvgIpc) is 2.59. The molecule has 1 aliphatic rings. The second kappa shape index (κ2) is 5.66. The standard InChI is InChI=1S/C15H24ClN3/c1-11-12(16)17-14(15(2,3)4)18-13(11)19-9-7-5-6-8-10-19/h5-10H2,1-4H3. The highest BCUT2D eigenvalue weighted by Gasteiger charge is 2.23. The topological polar surface area (TPSA) is 29.0 Å². The van der Waals surface area contributed by atoms with Gasteiger partial charge in [0, 0.05) is 24.1 Å². The third-order valence-corrected chi connectivity index (χ3v) is 4.01. The number of anilines is 1. The van der Waals surface area contributed by atoms with E-state index in [1.807, 2.05) is 6.92 Å². The summed E-state index contributed by atoms with van der Waals surface area (Å²) in [5.74, 6) is 1.87. The first kappa shape index (κ1) is 14.6. The van der Waals surface area contributed by atoms with Crippen LogP contribution < -0.4 is 4.90 Å². The molecule has 0 amide bonds. The Bertz CT molecular complexity index is 443. The summed E-state index contributed by atoms with van der Waals surface area (Å²) < 4.78 is 0. The van der Waals surface area contributed by atoms with Crippen LogP contribution in [0.25, 0.3) is 0 Å². The number of aromatic nitrogens is 2. The van der Waals surface area contributed by atoms with Crippen molar-refractivity contribution in [2.24, 2.45) is 0 Å².